The van der Waals surface area contributed by atoms with Crippen LogP contribution in [0, 0.1) is 12.0 Å². The second kappa shape index (κ2) is 5.31. The highest BCUT2D eigenvalue weighted by molar-refractivity contribution is 7.88. The van der Waals surface area contributed by atoms with Gasteiger partial charge in [-0.2, -0.15) is 13.2 Å². The summed E-state index contributed by atoms with van der Waals surface area (Å²) in [5.41, 5.74) is 0.438. The molecule has 0 aliphatic heterocycles. The van der Waals surface area contributed by atoms with Crippen LogP contribution in [0.1, 0.15) is 5.56 Å². The summed E-state index contributed by atoms with van der Waals surface area (Å²) in [5, 5.41) is 0. The minimum absolute atomic E-state index is 0.0833. The van der Waals surface area contributed by atoms with Crippen molar-refractivity contribution in [2.45, 2.75) is 6.18 Å². The van der Waals surface area contributed by atoms with Crippen molar-refractivity contribution in [2.75, 3.05) is 12.8 Å². The van der Waals surface area contributed by atoms with Crippen LogP contribution in [-0.2, 0) is 10.0 Å². The molecule has 0 saturated heterocycles. The van der Waals surface area contributed by atoms with Crippen molar-refractivity contribution in [3.63, 3.8) is 0 Å². The SMILES string of the molecule is CS(=O)(=O)N(C#Cc1ccccc1)CC(F)(F)F. The third-order valence-corrected chi connectivity index (χ3v) is 2.84. The van der Waals surface area contributed by atoms with Gasteiger partial charge in [-0.05, 0) is 18.1 Å². The Morgan fingerprint density at radius 2 is 1.78 bits per heavy atom. The van der Waals surface area contributed by atoms with Gasteiger partial charge >= 0.3 is 6.18 Å². The molecule has 0 radical (unpaired) electrons. The highest BCUT2D eigenvalue weighted by atomic mass is 32.2. The summed E-state index contributed by atoms with van der Waals surface area (Å²) in [6, 6.07) is 10.2. The molecule has 0 bridgehead atoms. The first kappa shape index (κ1) is 14.4. The third-order valence-electron chi connectivity index (χ3n) is 1.82. The van der Waals surface area contributed by atoms with Crippen LogP contribution in [0.4, 0.5) is 13.2 Å². The van der Waals surface area contributed by atoms with E-state index in [1.54, 1.807) is 30.3 Å². The van der Waals surface area contributed by atoms with Gasteiger partial charge in [0.2, 0.25) is 10.0 Å². The third kappa shape index (κ3) is 5.10. The molecular weight excluding hydrogens is 267 g/mol. The van der Waals surface area contributed by atoms with Crippen LogP contribution in [0.3, 0.4) is 0 Å². The summed E-state index contributed by atoms with van der Waals surface area (Å²) in [7, 11) is -4.03. The molecule has 1 aromatic rings. The van der Waals surface area contributed by atoms with Crippen LogP contribution in [0.25, 0.3) is 0 Å². The van der Waals surface area contributed by atoms with Crippen molar-refractivity contribution in [3.8, 4) is 12.0 Å². The molecular formula is C11H10F3NO2S. The Bertz CT molecular complexity index is 555. The lowest BCUT2D eigenvalue weighted by molar-refractivity contribution is -0.131. The van der Waals surface area contributed by atoms with Gasteiger partial charge in [0, 0.05) is 11.6 Å². The highest BCUT2D eigenvalue weighted by Gasteiger charge is 2.33. The van der Waals surface area contributed by atoms with E-state index >= 15 is 0 Å². The smallest absolute Gasteiger partial charge is 0.219 e. The Labute approximate surface area is 103 Å². The minimum Gasteiger partial charge on any atom is -0.219 e. The molecule has 0 heterocycles. The summed E-state index contributed by atoms with van der Waals surface area (Å²) in [4.78, 5) is 0. The summed E-state index contributed by atoms with van der Waals surface area (Å²) in [6.07, 6.45) is -3.95. The van der Waals surface area contributed by atoms with Gasteiger partial charge in [0.25, 0.3) is 0 Å². The van der Waals surface area contributed by atoms with E-state index in [0.717, 1.165) is 0 Å². The number of alkyl halides is 3. The molecule has 1 aromatic carbocycles. The second-order valence-corrected chi connectivity index (χ2v) is 5.39. The van der Waals surface area contributed by atoms with Crippen LogP contribution in [0.15, 0.2) is 30.3 Å². The number of sulfonamides is 1. The van der Waals surface area contributed by atoms with Crippen LogP contribution < -0.4 is 0 Å². The van der Waals surface area contributed by atoms with Crippen molar-refractivity contribution in [1.29, 1.82) is 0 Å². The maximum Gasteiger partial charge on any atom is 0.407 e. The predicted molar refractivity (Wildman–Crippen MR) is 60.9 cm³/mol. The largest absolute Gasteiger partial charge is 0.407 e. The summed E-state index contributed by atoms with van der Waals surface area (Å²) < 4.78 is 59.0. The van der Waals surface area contributed by atoms with Crippen molar-refractivity contribution in [1.82, 2.24) is 4.31 Å². The predicted octanol–water partition coefficient (Wildman–Crippen LogP) is 1.82. The average Bonchev–Trinajstić information content (AvgIpc) is 2.22. The molecule has 0 aliphatic carbocycles. The van der Waals surface area contributed by atoms with Gasteiger partial charge < -0.3 is 0 Å². The lowest BCUT2D eigenvalue weighted by atomic mass is 10.2. The number of hydrogen-bond acceptors (Lipinski definition) is 2. The molecule has 98 valence electrons. The van der Waals surface area contributed by atoms with E-state index < -0.39 is 22.7 Å². The quantitative estimate of drug-likeness (QED) is 0.611. The van der Waals surface area contributed by atoms with E-state index in [9.17, 15) is 21.6 Å². The Balaban J connectivity index is 2.98. The van der Waals surface area contributed by atoms with Crippen LogP contribution >= 0.6 is 0 Å². The molecule has 0 atom stereocenters. The zero-order valence-electron chi connectivity index (χ0n) is 9.40. The molecule has 0 aliphatic rings. The molecule has 7 heteroatoms. The number of rotatable bonds is 2. The first-order valence-electron chi connectivity index (χ1n) is 4.80. The molecule has 0 aromatic heterocycles. The standard InChI is InChI=1S/C11H10F3NO2S/c1-18(16,17)15(9-11(12,13)14)8-7-10-5-3-2-4-6-10/h2-6H,9H2,1H3. The molecule has 0 amide bonds. The molecule has 0 saturated carbocycles. The van der Waals surface area contributed by atoms with Gasteiger partial charge in [0.05, 0.1) is 6.26 Å². The van der Waals surface area contributed by atoms with Crippen molar-refractivity contribution >= 4 is 10.0 Å². The van der Waals surface area contributed by atoms with E-state index in [0.29, 0.717) is 11.8 Å². The van der Waals surface area contributed by atoms with Crippen LogP contribution in [0.2, 0.25) is 0 Å². The zero-order chi connectivity index (χ0) is 13.8. The molecule has 18 heavy (non-hydrogen) atoms. The lowest BCUT2D eigenvalue weighted by Gasteiger charge is -2.16. The van der Waals surface area contributed by atoms with Gasteiger partial charge in [-0.3, -0.25) is 0 Å². The van der Waals surface area contributed by atoms with E-state index in [-0.39, 0.29) is 4.31 Å². The highest BCUT2D eigenvalue weighted by Crippen LogP contribution is 2.17. The van der Waals surface area contributed by atoms with Gasteiger partial charge in [-0.25, -0.2) is 12.7 Å². The average molecular weight is 277 g/mol. The molecule has 0 spiro atoms. The van der Waals surface area contributed by atoms with Crippen molar-refractivity contribution in [3.05, 3.63) is 35.9 Å². The molecule has 0 unspecified atom stereocenters. The van der Waals surface area contributed by atoms with Crippen LogP contribution in [-0.4, -0.2) is 31.7 Å². The number of nitrogens with zero attached hydrogens (tertiary/aromatic N) is 1. The maximum atomic E-state index is 12.2. The Morgan fingerprint density at radius 1 is 1.22 bits per heavy atom. The topological polar surface area (TPSA) is 37.4 Å². The fourth-order valence-electron chi connectivity index (χ4n) is 1.05. The zero-order valence-corrected chi connectivity index (χ0v) is 10.2. The molecule has 3 nitrogen and oxygen atoms in total. The van der Waals surface area contributed by atoms with E-state index in [1.807, 2.05) is 6.04 Å². The fraction of sp³-hybridized carbons (Fsp3) is 0.273. The Kier molecular flexibility index (Phi) is 4.24. The second-order valence-electron chi connectivity index (χ2n) is 3.49. The molecule has 0 N–H and O–H groups in total. The normalized spacial score (nSPS) is 11.6. The number of halogens is 3. The van der Waals surface area contributed by atoms with E-state index in [1.165, 1.54) is 0 Å². The maximum absolute atomic E-state index is 12.2. The first-order chi connectivity index (χ1) is 8.18. The van der Waals surface area contributed by atoms with E-state index in [4.69, 9.17) is 0 Å². The van der Waals surface area contributed by atoms with Gasteiger partial charge in [-0.15, -0.1) is 0 Å². The first-order valence-corrected chi connectivity index (χ1v) is 6.64. The van der Waals surface area contributed by atoms with Crippen LogP contribution in [0.5, 0.6) is 0 Å². The molecule has 0 fully saturated rings. The van der Waals surface area contributed by atoms with Gasteiger partial charge in [-0.1, -0.05) is 18.2 Å². The van der Waals surface area contributed by atoms with Crippen molar-refractivity contribution in [2.24, 2.45) is 0 Å². The number of benzene rings is 1. The number of hydrogen-bond donors (Lipinski definition) is 0. The molecule has 1 rings (SSSR count). The lowest BCUT2D eigenvalue weighted by Crippen LogP contribution is -2.34. The summed E-state index contributed by atoms with van der Waals surface area (Å²) in [5.74, 6) is 2.37. The fourth-order valence-corrected chi connectivity index (χ4v) is 1.64. The summed E-state index contributed by atoms with van der Waals surface area (Å²) in [6.45, 7) is -1.62. The minimum atomic E-state index is -4.63. The summed E-state index contributed by atoms with van der Waals surface area (Å²) >= 11 is 0. The van der Waals surface area contributed by atoms with Gasteiger partial charge in [0.1, 0.15) is 6.54 Å². The van der Waals surface area contributed by atoms with Gasteiger partial charge in [0.15, 0.2) is 0 Å². The Hall–Kier alpha value is -1.68. The van der Waals surface area contributed by atoms with E-state index in [2.05, 4.69) is 5.92 Å². The monoisotopic (exact) mass is 277 g/mol. The van der Waals surface area contributed by atoms with Crippen molar-refractivity contribution < 1.29 is 21.6 Å². The Morgan fingerprint density at radius 3 is 2.22 bits per heavy atom.